The quantitative estimate of drug-likeness (QED) is 0.453. The van der Waals surface area contributed by atoms with Crippen LogP contribution in [-0.2, 0) is 16.2 Å². The summed E-state index contributed by atoms with van der Waals surface area (Å²) in [5.41, 5.74) is 10.3. The van der Waals surface area contributed by atoms with Crippen molar-refractivity contribution >= 4 is 17.4 Å². The summed E-state index contributed by atoms with van der Waals surface area (Å²) in [6.45, 7) is 2.42. The minimum Gasteiger partial charge on any atom is -0.489 e. The van der Waals surface area contributed by atoms with Crippen molar-refractivity contribution in [3.05, 3.63) is 65.4 Å². The van der Waals surface area contributed by atoms with E-state index < -0.39 is 29.8 Å². The van der Waals surface area contributed by atoms with Crippen molar-refractivity contribution in [2.45, 2.75) is 32.4 Å². The Balaban J connectivity index is 2.27. The Bertz CT molecular complexity index is 954. The van der Waals surface area contributed by atoms with Gasteiger partial charge >= 0.3 is 0 Å². The molecule has 8 nitrogen and oxygen atoms in total. The fraction of sp³-hybridized carbons (Fsp3) is 0.286. The van der Waals surface area contributed by atoms with Crippen LogP contribution in [0.4, 0.5) is 4.39 Å². The highest BCUT2D eigenvalue weighted by atomic mass is 19.1. The van der Waals surface area contributed by atoms with Crippen LogP contribution in [0.1, 0.15) is 31.5 Å². The number of ether oxygens (including phenoxy) is 1. The number of nitrogens with one attached hydrogen (secondary N) is 1. The van der Waals surface area contributed by atoms with Crippen molar-refractivity contribution < 1.29 is 23.8 Å². The van der Waals surface area contributed by atoms with Gasteiger partial charge in [0.05, 0.1) is 17.9 Å². The third-order valence-corrected chi connectivity index (χ3v) is 4.66. The van der Waals surface area contributed by atoms with Crippen LogP contribution < -0.4 is 21.5 Å². The molecule has 0 radical (unpaired) electrons. The molecule has 1 aromatic carbocycles. The molecule has 2 aromatic rings. The fourth-order valence-electron chi connectivity index (χ4n) is 2.74. The molecule has 0 aliphatic rings. The minimum atomic E-state index is -1.63. The first kappa shape index (κ1) is 22.8. The molecule has 0 aliphatic carbocycles. The van der Waals surface area contributed by atoms with Gasteiger partial charge in [0.1, 0.15) is 23.7 Å². The normalized spacial score (nSPS) is 13.7. The highest BCUT2D eigenvalue weighted by Crippen LogP contribution is 2.22. The van der Waals surface area contributed by atoms with Crippen molar-refractivity contribution in [3.63, 3.8) is 0 Å². The van der Waals surface area contributed by atoms with Crippen LogP contribution in [0.2, 0.25) is 0 Å². The van der Waals surface area contributed by atoms with Crippen LogP contribution in [0.3, 0.4) is 0 Å². The Morgan fingerprint density at radius 3 is 2.53 bits per heavy atom. The maximum atomic E-state index is 13.8. The summed E-state index contributed by atoms with van der Waals surface area (Å²) in [6.07, 6.45) is 1.50. The number of aromatic nitrogens is 1. The third-order valence-electron chi connectivity index (χ3n) is 4.66. The molecule has 1 atom stereocenters. The Kier molecular flexibility index (Phi) is 7.48. The smallest absolute Gasteiger partial charge is 0.256 e. The predicted molar refractivity (Wildman–Crippen MR) is 109 cm³/mol. The van der Waals surface area contributed by atoms with Crippen molar-refractivity contribution in [2.24, 2.45) is 11.5 Å². The number of allylic oxidation sites excluding steroid dienone is 1. The first-order valence-electron chi connectivity index (χ1n) is 9.26. The summed E-state index contributed by atoms with van der Waals surface area (Å²) in [5, 5.41) is 12.1. The zero-order valence-corrected chi connectivity index (χ0v) is 16.8. The number of hydrogen-bond acceptors (Lipinski definition) is 6. The van der Waals surface area contributed by atoms with E-state index in [1.807, 2.05) is 0 Å². The lowest BCUT2D eigenvalue weighted by Crippen LogP contribution is -2.59. The van der Waals surface area contributed by atoms with Crippen molar-refractivity contribution in [1.29, 1.82) is 0 Å². The van der Waals surface area contributed by atoms with Crippen LogP contribution in [0.25, 0.3) is 5.57 Å². The largest absolute Gasteiger partial charge is 0.489 e. The third kappa shape index (κ3) is 5.12. The topological polar surface area (TPSA) is 141 Å². The Labute approximate surface area is 173 Å². The first-order valence-corrected chi connectivity index (χ1v) is 9.26. The Hall–Kier alpha value is -3.46. The average Bonchev–Trinajstić information content (AvgIpc) is 2.71. The van der Waals surface area contributed by atoms with Gasteiger partial charge < -0.3 is 26.6 Å². The van der Waals surface area contributed by atoms with Crippen molar-refractivity contribution in [3.8, 4) is 5.75 Å². The van der Waals surface area contributed by atoms with Gasteiger partial charge in [-0.05, 0) is 25.5 Å². The molecule has 9 heteroatoms. The number of aliphatic hydroxyl groups is 1. The van der Waals surface area contributed by atoms with Gasteiger partial charge in [-0.15, -0.1) is 0 Å². The standard InChI is InChI=1S/C21H25FN4O4/c1-3-21(12-27,20(24)29)26-19(28)18(13(2)23)17-10-15(8-9-25-17)30-11-14-6-4-5-7-16(14)22/h4-10,27H,3,11-12,23H2,1-2H3,(H2,24,29)(H,26,28)/b18-13+. The van der Waals surface area contributed by atoms with E-state index in [0.717, 1.165) is 0 Å². The highest BCUT2D eigenvalue weighted by Gasteiger charge is 2.37. The lowest BCUT2D eigenvalue weighted by atomic mass is 9.95. The monoisotopic (exact) mass is 416 g/mol. The molecule has 0 bridgehead atoms. The van der Waals surface area contributed by atoms with Crippen molar-refractivity contribution in [1.82, 2.24) is 10.3 Å². The lowest BCUT2D eigenvalue weighted by molar-refractivity contribution is -0.131. The molecule has 2 rings (SSSR count). The van der Waals surface area contributed by atoms with Gasteiger partial charge in [0.2, 0.25) is 5.91 Å². The van der Waals surface area contributed by atoms with E-state index in [4.69, 9.17) is 16.2 Å². The molecular formula is C21H25FN4O4. The predicted octanol–water partition coefficient (Wildman–Crippen LogP) is 1.23. The molecule has 30 heavy (non-hydrogen) atoms. The SMILES string of the molecule is CCC(CO)(NC(=O)/C(=C(\C)N)c1cc(OCc2ccccc2F)ccn1)C(N)=O. The number of aliphatic hydroxyl groups excluding tert-OH is 1. The molecule has 160 valence electrons. The fourth-order valence-corrected chi connectivity index (χ4v) is 2.74. The van der Waals surface area contributed by atoms with E-state index in [9.17, 15) is 19.1 Å². The lowest BCUT2D eigenvalue weighted by Gasteiger charge is -2.29. The maximum absolute atomic E-state index is 13.8. The van der Waals surface area contributed by atoms with Crippen LogP contribution in [0.5, 0.6) is 5.75 Å². The number of rotatable bonds is 9. The summed E-state index contributed by atoms with van der Waals surface area (Å²) in [7, 11) is 0. The van der Waals surface area contributed by atoms with E-state index in [1.54, 1.807) is 31.2 Å². The number of amides is 2. The number of carbonyl (C=O) groups is 2. The molecule has 0 fully saturated rings. The van der Waals surface area contributed by atoms with Crippen molar-refractivity contribution in [2.75, 3.05) is 6.61 Å². The van der Waals surface area contributed by atoms with Gasteiger partial charge in [-0.2, -0.15) is 0 Å². The van der Waals surface area contributed by atoms with Crippen LogP contribution >= 0.6 is 0 Å². The number of pyridine rings is 1. The van der Waals surface area contributed by atoms with Gasteiger partial charge in [0.15, 0.2) is 0 Å². The number of nitrogens with zero attached hydrogens (tertiary/aromatic N) is 1. The van der Waals surface area contributed by atoms with E-state index in [2.05, 4.69) is 10.3 Å². The zero-order chi connectivity index (χ0) is 22.3. The van der Waals surface area contributed by atoms with E-state index >= 15 is 0 Å². The molecule has 0 saturated carbocycles. The van der Waals surface area contributed by atoms with Gasteiger partial charge in [0.25, 0.3) is 5.91 Å². The van der Waals surface area contributed by atoms with Crippen LogP contribution in [0.15, 0.2) is 48.3 Å². The number of primary amides is 1. The summed E-state index contributed by atoms with van der Waals surface area (Å²) in [5.74, 6) is -1.64. The zero-order valence-electron chi connectivity index (χ0n) is 16.8. The second kappa shape index (κ2) is 9.84. The Morgan fingerprint density at radius 2 is 1.97 bits per heavy atom. The molecule has 0 aliphatic heterocycles. The number of hydrogen-bond donors (Lipinski definition) is 4. The van der Waals surface area contributed by atoms with Gasteiger partial charge in [-0.3, -0.25) is 14.6 Å². The number of benzene rings is 1. The molecule has 1 heterocycles. The first-order chi connectivity index (χ1) is 14.2. The molecule has 2 amide bonds. The van der Waals surface area contributed by atoms with E-state index in [0.29, 0.717) is 11.3 Å². The maximum Gasteiger partial charge on any atom is 0.256 e. The second-order valence-corrected chi connectivity index (χ2v) is 6.73. The summed E-state index contributed by atoms with van der Waals surface area (Å²) in [6, 6.07) is 9.24. The van der Waals surface area contributed by atoms with Gasteiger partial charge in [-0.1, -0.05) is 25.1 Å². The average molecular weight is 416 g/mol. The molecule has 6 N–H and O–H groups in total. The molecule has 1 unspecified atom stereocenters. The summed E-state index contributed by atoms with van der Waals surface area (Å²) in [4.78, 5) is 28.8. The summed E-state index contributed by atoms with van der Waals surface area (Å²) >= 11 is 0. The molecule has 0 spiro atoms. The molecule has 1 aromatic heterocycles. The number of carbonyl (C=O) groups excluding carboxylic acids is 2. The second-order valence-electron chi connectivity index (χ2n) is 6.73. The van der Waals surface area contributed by atoms with Crippen LogP contribution in [0, 0.1) is 5.82 Å². The van der Waals surface area contributed by atoms with Gasteiger partial charge in [0, 0.05) is 23.5 Å². The van der Waals surface area contributed by atoms with E-state index in [-0.39, 0.29) is 30.0 Å². The van der Waals surface area contributed by atoms with E-state index in [1.165, 1.54) is 25.3 Å². The minimum absolute atomic E-state index is 0.00105. The number of halogens is 1. The highest BCUT2D eigenvalue weighted by molar-refractivity contribution is 6.20. The number of nitrogens with two attached hydrogens (primary N) is 2. The van der Waals surface area contributed by atoms with Gasteiger partial charge in [-0.25, -0.2) is 4.39 Å². The molecule has 0 saturated heterocycles. The Morgan fingerprint density at radius 1 is 1.27 bits per heavy atom. The van der Waals surface area contributed by atoms with Crippen LogP contribution in [-0.4, -0.2) is 34.1 Å². The summed E-state index contributed by atoms with van der Waals surface area (Å²) < 4.78 is 19.4. The molecular weight excluding hydrogens is 391 g/mol.